The van der Waals surface area contributed by atoms with Gasteiger partial charge >= 0.3 is 12.7 Å². The van der Waals surface area contributed by atoms with E-state index in [1.165, 1.54) is 17.8 Å². The summed E-state index contributed by atoms with van der Waals surface area (Å²) in [6.45, 7) is 3.21. The van der Waals surface area contributed by atoms with Gasteiger partial charge < -0.3 is 29.6 Å². The predicted octanol–water partition coefficient (Wildman–Crippen LogP) is 1.24. The monoisotopic (exact) mass is 647 g/mol. The van der Waals surface area contributed by atoms with Gasteiger partial charge in [-0.3, -0.25) is 28.8 Å². The summed E-state index contributed by atoms with van der Waals surface area (Å²) in [6, 6.07) is -1.10. The summed E-state index contributed by atoms with van der Waals surface area (Å²) in [5.41, 5.74) is 3.71. The quantitative estimate of drug-likeness (QED) is 0.137. The lowest BCUT2D eigenvalue weighted by atomic mass is 9.98. The number of nitrogens with zero attached hydrogens (tertiary/aromatic N) is 4. The van der Waals surface area contributed by atoms with Crippen molar-refractivity contribution in [2.45, 2.75) is 77.3 Å². The van der Waals surface area contributed by atoms with Gasteiger partial charge in [0.05, 0.1) is 31.6 Å². The standard InChI is InChI=1S/C24H35FN7O9PS/c1-6-38-20-16-18(29-23(26)30-20)32(10-27-16)22-24(5,25)17(34)14(41-22)8-39-42(37,31-12(4)21(36)40-11(2)3)43-9-13-7-15(33)28-19(13)35/h10-14,17,22,34H,6-9H2,1-5H3,(H,31,37)(H2,26,29,30)(H,28,33,35)/t12?,13?,14-,17-,22-,24-,42?/m1/s1. The molecule has 4 heterocycles. The summed E-state index contributed by atoms with van der Waals surface area (Å²) < 4.78 is 53.4. The van der Waals surface area contributed by atoms with Gasteiger partial charge in [0.25, 0.3) is 0 Å². The highest BCUT2D eigenvalue weighted by molar-refractivity contribution is 8.56. The largest absolute Gasteiger partial charge is 0.476 e. The molecule has 0 aromatic carbocycles. The lowest BCUT2D eigenvalue weighted by Gasteiger charge is -2.25. The lowest BCUT2D eigenvalue weighted by Crippen LogP contribution is -2.41. The van der Waals surface area contributed by atoms with Crippen LogP contribution in [0.4, 0.5) is 10.3 Å². The first kappa shape index (κ1) is 33.0. The van der Waals surface area contributed by atoms with E-state index in [0.29, 0.717) is 11.4 Å². The van der Waals surface area contributed by atoms with Crippen molar-refractivity contribution in [3.05, 3.63) is 6.33 Å². The molecule has 5 N–H and O–H groups in total. The van der Waals surface area contributed by atoms with E-state index in [1.807, 2.05) is 0 Å². The van der Waals surface area contributed by atoms with Crippen LogP contribution in [0, 0.1) is 5.92 Å². The lowest BCUT2D eigenvalue weighted by molar-refractivity contribution is -0.149. The average molecular weight is 648 g/mol. The Balaban J connectivity index is 1.53. The maximum Gasteiger partial charge on any atom is 0.327 e. The van der Waals surface area contributed by atoms with Gasteiger partial charge in [-0.05, 0) is 34.6 Å². The van der Waals surface area contributed by atoms with Crippen molar-refractivity contribution in [3.63, 3.8) is 0 Å². The van der Waals surface area contributed by atoms with Crippen molar-refractivity contribution in [3.8, 4) is 5.88 Å². The number of carbonyl (C=O) groups is 3. The first-order chi connectivity index (χ1) is 20.1. The molecule has 2 fully saturated rings. The fraction of sp³-hybridized carbons (Fsp3) is 0.667. The third-order valence-electron chi connectivity index (χ3n) is 6.63. The minimum atomic E-state index is -4.04. The number of amides is 2. The van der Waals surface area contributed by atoms with Crippen LogP contribution in [0.5, 0.6) is 5.88 Å². The number of aliphatic hydroxyl groups is 1. The zero-order valence-electron chi connectivity index (χ0n) is 24.2. The molecule has 2 aromatic heterocycles. The molecule has 2 amide bonds. The van der Waals surface area contributed by atoms with E-state index < -0.39 is 73.3 Å². The summed E-state index contributed by atoms with van der Waals surface area (Å²) in [5, 5.41) is 15.7. The Hall–Kier alpha value is -2.89. The first-order valence-electron chi connectivity index (χ1n) is 13.5. The van der Waals surface area contributed by atoms with E-state index in [1.54, 1.807) is 20.8 Å². The van der Waals surface area contributed by atoms with Crippen molar-refractivity contribution in [2.75, 3.05) is 24.7 Å². The number of esters is 1. The molecule has 16 nitrogen and oxygen atoms in total. The Morgan fingerprint density at radius 2 is 2.12 bits per heavy atom. The van der Waals surface area contributed by atoms with Crippen LogP contribution in [0.2, 0.25) is 0 Å². The highest BCUT2D eigenvalue weighted by Crippen LogP contribution is 2.58. The summed E-state index contributed by atoms with van der Waals surface area (Å²) in [7, 11) is 0. The van der Waals surface area contributed by atoms with Crippen LogP contribution < -0.4 is 20.9 Å². The van der Waals surface area contributed by atoms with Crippen LogP contribution in [0.15, 0.2) is 6.33 Å². The number of carbonyl (C=O) groups excluding carboxylic acids is 3. The molecule has 4 rings (SSSR count). The second kappa shape index (κ2) is 13.0. The van der Waals surface area contributed by atoms with Gasteiger partial charge in [0, 0.05) is 12.2 Å². The second-order valence-electron chi connectivity index (χ2n) is 10.5. The number of rotatable bonds is 13. The number of nitrogen functional groups attached to an aromatic ring is 1. The topological polar surface area (TPSA) is 219 Å². The van der Waals surface area contributed by atoms with Crippen molar-refractivity contribution in [1.29, 1.82) is 0 Å². The summed E-state index contributed by atoms with van der Waals surface area (Å²) in [5.74, 6) is -2.61. The van der Waals surface area contributed by atoms with Gasteiger partial charge in [-0.1, -0.05) is 11.4 Å². The number of aliphatic hydroxyl groups excluding tert-OH is 1. The molecule has 0 radical (unpaired) electrons. The fourth-order valence-corrected chi connectivity index (χ4v) is 8.53. The average Bonchev–Trinajstić information content (AvgIpc) is 3.54. The molecule has 43 heavy (non-hydrogen) atoms. The van der Waals surface area contributed by atoms with Crippen LogP contribution >= 0.6 is 18.1 Å². The number of ether oxygens (including phenoxy) is 3. The van der Waals surface area contributed by atoms with E-state index in [0.717, 1.165) is 6.92 Å². The van der Waals surface area contributed by atoms with Gasteiger partial charge in [0.2, 0.25) is 23.6 Å². The molecule has 2 saturated heterocycles. The number of alkyl halides is 1. The zero-order chi connectivity index (χ0) is 31.7. The molecule has 19 heteroatoms. The normalized spacial score (nSPS) is 27.8. The highest BCUT2D eigenvalue weighted by Gasteiger charge is 2.56. The fourth-order valence-electron chi connectivity index (χ4n) is 4.50. The minimum Gasteiger partial charge on any atom is -0.476 e. The number of halogens is 1. The van der Waals surface area contributed by atoms with Crippen LogP contribution in [0.3, 0.4) is 0 Å². The van der Waals surface area contributed by atoms with Crippen molar-refractivity contribution in [1.82, 2.24) is 29.9 Å². The highest BCUT2D eigenvalue weighted by atomic mass is 32.7. The number of anilines is 1. The molecule has 238 valence electrons. The Morgan fingerprint density at radius 1 is 1.40 bits per heavy atom. The van der Waals surface area contributed by atoms with Crippen molar-refractivity contribution < 1.29 is 47.2 Å². The van der Waals surface area contributed by atoms with Gasteiger partial charge in [0.1, 0.15) is 18.2 Å². The van der Waals surface area contributed by atoms with Gasteiger partial charge in [0.15, 0.2) is 23.1 Å². The second-order valence-corrected chi connectivity index (χ2v) is 14.8. The van der Waals surface area contributed by atoms with Crippen LogP contribution in [0.1, 0.15) is 47.3 Å². The van der Waals surface area contributed by atoms with Gasteiger partial charge in [-0.25, -0.2) is 14.5 Å². The smallest absolute Gasteiger partial charge is 0.327 e. The van der Waals surface area contributed by atoms with Crippen LogP contribution in [-0.4, -0.2) is 91.4 Å². The number of hydrogen-bond donors (Lipinski definition) is 4. The molecule has 2 aromatic rings. The Bertz CT molecular complexity index is 1430. The van der Waals surface area contributed by atoms with E-state index in [4.69, 9.17) is 24.5 Å². The molecule has 7 atom stereocenters. The van der Waals surface area contributed by atoms with E-state index in [2.05, 4.69) is 25.4 Å². The molecule has 0 bridgehead atoms. The molecular formula is C24H35FN7O9PS. The molecule has 0 aliphatic carbocycles. The first-order valence-corrected chi connectivity index (χ1v) is 16.7. The number of hydrogen-bond acceptors (Lipinski definition) is 14. The summed E-state index contributed by atoms with van der Waals surface area (Å²) in [4.78, 5) is 48.4. The van der Waals surface area contributed by atoms with E-state index in [-0.39, 0.29) is 41.8 Å². The molecular weight excluding hydrogens is 612 g/mol. The third-order valence-corrected chi connectivity index (χ3v) is 10.8. The third kappa shape index (κ3) is 7.26. The number of imide groups is 1. The van der Waals surface area contributed by atoms with Crippen LogP contribution in [0.25, 0.3) is 11.2 Å². The molecule has 2 aliphatic rings. The maximum absolute atomic E-state index is 16.0. The number of fused-ring (bicyclic) bond motifs is 1. The number of nitrogens with one attached hydrogen (secondary N) is 2. The van der Waals surface area contributed by atoms with Crippen molar-refractivity contribution >= 4 is 53.0 Å². The minimum absolute atomic E-state index is 0.0877. The Morgan fingerprint density at radius 3 is 2.74 bits per heavy atom. The van der Waals surface area contributed by atoms with Gasteiger partial charge in [-0.15, -0.1) is 0 Å². The molecule has 0 saturated carbocycles. The maximum atomic E-state index is 16.0. The molecule has 2 aliphatic heterocycles. The molecule has 3 unspecified atom stereocenters. The summed E-state index contributed by atoms with van der Waals surface area (Å²) >= 11 is 0.695. The Kier molecular flexibility index (Phi) is 9.98. The zero-order valence-corrected chi connectivity index (χ0v) is 25.9. The number of nitrogens with two attached hydrogens (primary N) is 1. The predicted molar refractivity (Wildman–Crippen MR) is 151 cm³/mol. The van der Waals surface area contributed by atoms with E-state index in [9.17, 15) is 24.1 Å². The van der Waals surface area contributed by atoms with Gasteiger partial charge in [-0.2, -0.15) is 9.97 Å². The molecule has 0 spiro atoms. The van der Waals surface area contributed by atoms with Crippen LogP contribution in [-0.2, 0) is 32.9 Å². The Labute approximate surface area is 250 Å². The number of aromatic nitrogens is 4. The summed E-state index contributed by atoms with van der Waals surface area (Å²) in [6.07, 6.45) is -3.85. The SMILES string of the molecule is CCOc1nc(N)nc2c1ncn2[C@@H]1O[C@H](COP(=O)(NC(C)C(=O)OC(C)C)SCC2CC(=O)NC2=O)[C@@H](O)[C@@]1(C)F. The number of imidazole rings is 1. The van der Waals surface area contributed by atoms with E-state index >= 15 is 4.39 Å². The van der Waals surface area contributed by atoms with Crippen molar-refractivity contribution in [2.24, 2.45) is 5.92 Å².